The van der Waals surface area contributed by atoms with E-state index in [-0.39, 0.29) is 5.75 Å². The first-order valence-corrected chi connectivity index (χ1v) is 8.91. The average molecular weight is 352 g/mol. The Morgan fingerprint density at radius 2 is 1.07 bits per heavy atom. The minimum Gasteiger partial charge on any atom is -0.508 e. The lowest BCUT2D eigenvalue weighted by molar-refractivity contribution is 0.471. The molecule has 0 aliphatic heterocycles. The maximum atomic E-state index is 10.2. The molecule has 27 heavy (non-hydrogen) atoms. The van der Waals surface area contributed by atoms with Gasteiger partial charge in [-0.2, -0.15) is 0 Å². The van der Waals surface area contributed by atoms with Gasteiger partial charge in [0.25, 0.3) is 0 Å². The molecule has 0 amide bonds. The lowest BCUT2D eigenvalue weighted by Crippen LogP contribution is -1.90. The lowest BCUT2D eigenvalue weighted by atomic mass is 9.90. The van der Waals surface area contributed by atoms with Crippen molar-refractivity contribution >= 4 is 0 Å². The van der Waals surface area contributed by atoms with E-state index in [1.165, 1.54) is 0 Å². The van der Waals surface area contributed by atoms with Crippen molar-refractivity contribution in [2.75, 3.05) is 0 Å². The number of hydrogen-bond acceptors (Lipinski definition) is 2. The largest absolute Gasteiger partial charge is 0.508 e. The molecule has 0 fully saturated rings. The van der Waals surface area contributed by atoms with E-state index in [0.29, 0.717) is 5.75 Å². The number of phenols is 2. The predicted molar refractivity (Wildman–Crippen MR) is 111 cm³/mol. The molecule has 0 saturated carbocycles. The summed E-state index contributed by atoms with van der Waals surface area (Å²) in [5, 5.41) is 19.7. The zero-order valence-corrected chi connectivity index (χ0v) is 15.1. The van der Waals surface area contributed by atoms with Crippen LogP contribution in [-0.2, 0) is 0 Å². The maximum Gasteiger partial charge on any atom is 0.119 e. The fourth-order valence-electron chi connectivity index (χ4n) is 3.41. The third-order valence-electron chi connectivity index (χ3n) is 4.90. The van der Waals surface area contributed by atoms with Gasteiger partial charge in [-0.25, -0.2) is 0 Å². The van der Waals surface area contributed by atoms with E-state index in [1.54, 1.807) is 18.2 Å². The molecule has 2 heteroatoms. The fourth-order valence-corrected chi connectivity index (χ4v) is 3.41. The van der Waals surface area contributed by atoms with Gasteiger partial charge in [-0.1, -0.05) is 72.8 Å². The van der Waals surface area contributed by atoms with Crippen LogP contribution < -0.4 is 0 Å². The van der Waals surface area contributed by atoms with Gasteiger partial charge >= 0.3 is 0 Å². The quantitative estimate of drug-likeness (QED) is 0.447. The molecule has 0 bridgehead atoms. The molecule has 0 aliphatic rings. The highest BCUT2D eigenvalue weighted by Crippen LogP contribution is 2.39. The topological polar surface area (TPSA) is 40.5 Å². The van der Waals surface area contributed by atoms with Gasteiger partial charge in [0.1, 0.15) is 11.5 Å². The second kappa shape index (κ2) is 7.00. The smallest absolute Gasteiger partial charge is 0.119 e. The maximum absolute atomic E-state index is 10.2. The third kappa shape index (κ3) is 3.30. The summed E-state index contributed by atoms with van der Waals surface area (Å²) in [6.45, 7) is 1.95. The molecule has 2 N–H and O–H groups in total. The minimum absolute atomic E-state index is 0.266. The van der Waals surface area contributed by atoms with Crippen LogP contribution in [0.15, 0.2) is 91.0 Å². The van der Waals surface area contributed by atoms with E-state index in [1.807, 2.05) is 43.3 Å². The van der Waals surface area contributed by atoms with Gasteiger partial charge in [0.2, 0.25) is 0 Å². The van der Waals surface area contributed by atoms with Crippen LogP contribution in [0.5, 0.6) is 11.5 Å². The Labute approximate surface area is 159 Å². The van der Waals surface area contributed by atoms with Crippen LogP contribution >= 0.6 is 0 Å². The van der Waals surface area contributed by atoms with Crippen LogP contribution in [0.3, 0.4) is 0 Å². The van der Waals surface area contributed by atoms with Crippen LogP contribution in [0.1, 0.15) is 5.56 Å². The molecular weight excluding hydrogens is 332 g/mol. The fraction of sp³-hybridized carbons (Fsp3) is 0.0400. The third-order valence-corrected chi connectivity index (χ3v) is 4.90. The summed E-state index contributed by atoms with van der Waals surface area (Å²) in [6, 6.07) is 29.4. The second-order valence-corrected chi connectivity index (χ2v) is 6.62. The van der Waals surface area contributed by atoms with Crippen LogP contribution in [0, 0.1) is 6.92 Å². The van der Waals surface area contributed by atoms with Gasteiger partial charge in [0, 0.05) is 0 Å². The van der Waals surface area contributed by atoms with Gasteiger partial charge in [-0.3, -0.25) is 0 Å². The Morgan fingerprint density at radius 1 is 0.519 bits per heavy atom. The standard InChI is InChI=1S/C25H20O2/c1-17-24(27)16-15-23(25(17)21-5-3-2-4-6-21)20-9-7-18(8-10-20)19-11-13-22(26)14-12-19/h2-16,26-27H,1H3. The minimum atomic E-state index is 0.266. The van der Waals surface area contributed by atoms with Crippen molar-refractivity contribution in [2.24, 2.45) is 0 Å². The summed E-state index contributed by atoms with van der Waals surface area (Å²) in [5.74, 6) is 0.570. The summed E-state index contributed by atoms with van der Waals surface area (Å²) in [7, 11) is 0. The lowest BCUT2D eigenvalue weighted by Gasteiger charge is -2.15. The van der Waals surface area contributed by atoms with E-state index in [2.05, 4.69) is 36.4 Å². The summed E-state index contributed by atoms with van der Waals surface area (Å²) < 4.78 is 0. The Hall–Kier alpha value is -3.52. The summed E-state index contributed by atoms with van der Waals surface area (Å²) >= 11 is 0. The Balaban J connectivity index is 1.80. The van der Waals surface area contributed by atoms with Gasteiger partial charge in [0.15, 0.2) is 0 Å². The molecule has 0 spiro atoms. The number of hydrogen-bond donors (Lipinski definition) is 2. The molecular formula is C25H20O2. The summed E-state index contributed by atoms with van der Waals surface area (Å²) in [5.41, 5.74) is 7.35. The highest BCUT2D eigenvalue weighted by Gasteiger charge is 2.13. The Bertz CT molecular complexity index is 1060. The van der Waals surface area contributed by atoms with Crippen molar-refractivity contribution in [3.8, 4) is 44.9 Å². The van der Waals surface area contributed by atoms with Gasteiger partial charge in [0.05, 0.1) is 0 Å². The average Bonchev–Trinajstić information content (AvgIpc) is 2.71. The Morgan fingerprint density at radius 3 is 1.70 bits per heavy atom. The van der Waals surface area contributed by atoms with Crippen LogP contribution in [0.4, 0.5) is 0 Å². The molecule has 4 rings (SSSR count). The highest BCUT2D eigenvalue weighted by atomic mass is 16.3. The zero-order chi connectivity index (χ0) is 18.8. The van der Waals surface area contributed by atoms with Gasteiger partial charge in [-0.15, -0.1) is 0 Å². The Kier molecular flexibility index (Phi) is 4.39. The highest BCUT2D eigenvalue weighted by molar-refractivity contribution is 5.87. The van der Waals surface area contributed by atoms with E-state index >= 15 is 0 Å². The molecule has 0 aromatic heterocycles. The van der Waals surface area contributed by atoms with Crippen LogP contribution in [0.2, 0.25) is 0 Å². The molecule has 4 aromatic rings. The zero-order valence-electron chi connectivity index (χ0n) is 15.1. The first-order valence-electron chi connectivity index (χ1n) is 8.91. The van der Waals surface area contributed by atoms with Crippen molar-refractivity contribution in [3.63, 3.8) is 0 Å². The van der Waals surface area contributed by atoms with Gasteiger partial charge < -0.3 is 10.2 Å². The molecule has 2 nitrogen and oxygen atoms in total. The SMILES string of the molecule is Cc1c(O)ccc(-c2ccc(-c3ccc(O)cc3)cc2)c1-c1ccccc1. The molecule has 0 heterocycles. The molecule has 0 saturated heterocycles. The molecule has 0 radical (unpaired) electrons. The second-order valence-electron chi connectivity index (χ2n) is 6.62. The molecule has 0 unspecified atom stereocenters. The van der Waals surface area contributed by atoms with Crippen molar-refractivity contribution in [3.05, 3.63) is 96.6 Å². The summed E-state index contributed by atoms with van der Waals surface area (Å²) in [4.78, 5) is 0. The molecule has 132 valence electrons. The van der Waals surface area contributed by atoms with E-state index in [0.717, 1.165) is 38.9 Å². The van der Waals surface area contributed by atoms with Crippen LogP contribution in [0.25, 0.3) is 33.4 Å². The van der Waals surface area contributed by atoms with Crippen molar-refractivity contribution in [2.45, 2.75) is 6.92 Å². The van der Waals surface area contributed by atoms with Crippen molar-refractivity contribution in [1.82, 2.24) is 0 Å². The molecule has 4 aromatic carbocycles. The predicted octanol–water partition coefficient (Wildman–Crippen LogP) is 6.41. The van der Waals surface area contributed by atoms with Crippen molar-refractivity contribution in [1.29, 1.82) is 0 Å². The number of benzene rings is 4. The number of rotatable bonds is 3. The molecule has 0 aliphatic carbocycles. The summed E-state index contributed by atoms with van der Waals surface area (Å²) in [6.07, 6.45) is 0. The van der Waals surface area contributed by atoms with Crippen molar-refractivity contribution < 1.29 is 10.2 Å². The number of aromatic hydroxyl groups is 2. The number of phenolic OH excluding ortho intramolecular Hbond substituents is 2. The van der Waals surface area contributed by atoms with Gasteiger partial charge in [-0.05, 0) is 64.1 Å². The van der Waals surface area contributed by atoms with E-state index in [9.17, 15) is 10.2 Å². The van der Waals surface area contributed by atoms with Crippen LogP contribution in [-0.4, -0.2) is 10.2 Å². The normalized spacial score (nSPS) is 10.7. The monoisotopic (exact) mass is 352 g/mol. The first-order chi connectivity index (χ1) is 13.1. The van der Waals surface area contributed by atoms with E-state index < -0.39 is 0 Å². The van der Waals surface area contributed by atoms with E-state index in [4.69, 9.17) is 0 Å². The first kappa shape index (κ1) is 16.9. The molecule has 0 atom stereocenters.